The third-order valence-electron chi connectivity index (χ3n) is 5.85. The Morgan fingerprint density at radius 2 is 1.39 bits per heavy atom. The molecule has 0 radical (unpaired) electrons. The number of hydrogen-bond donors (Lipinski definition) is 0. The molecule has 23 heavy (non-hydrogen) atoms. The number of carbonyl (C=O) groups excluding carboxylic acids is 1. The Balaban J connectivity index is 1.61. The van der Waals surface area contributed by atoms with Crippen LogP contribution in [-0.2, 0) is 14.8 Å². The van der Waals surface area contributed by atoms with E-state index in [-0.39, 0.29) is 5.92 Å². The fourth-order valence-electron chi connectivity index (χ4n) is 4.18. The number of piperidine rings is 1. The van der Waals surface area contributed by atoms with Crippen molar-refractivity contribution in [2.45, 2.75) is 70.4 Å². The van der Waals surface area contributed by atoms with Crippen molar-refractivity contribution in [3.63, 3.8) is 0 Å². The maximum atomic E-state index is 13.1. The van der Waals surface area contributed by atoms with Crippen molar-refractivity contribution in [2.24, 2.45) is 11.8 Å². The summed E-state index contributed by atoms with van der Waals surface area (Å²) < 4.78 is 24.8. The largest absolute Gasteiger partial charge is 0.336 e. The molecule has 0 aromatic carbocycles. The molecule has 2 aliphatic carbocycles. The summed E-state index contributed by atoms with van der Waals surface area (Å²) in [6, 6.07) is 0.896. The van der Waals surface area contributed by atoms with E-state index in [4.69, 9.17) is 0 Å². The molecule has 0 aromatic rings. The Kier molecular flexibility index (Phi) is 5.02. The van der Waals surface area contributed by atoms with Gasteiger partial charge in [0.05, 0.1) is 6.26 Å². The second-order valence-electron chi connectivity index (χ2n) is 7.83. The summed E-state index contributed by atoms with van der Waals surface area (Å²) in [5.41, 5.74) is 0. The molecule has 2 saturated carbocycles. The minimum absolute atomic E-state index is 0.0212. The van der Waals surface area contributed by atoms with E-state index < -0.39 is 10.0 Å². The van der Waals surface area contributed by atoms with Crippen LogP contribution in [0.5, 0.6) is 0 Å². The van der Waals surface area contributed by atoms with Crippen LogP contribution in [0.15, 0.2) is 0 Å². The summed E-state index contributed by atoms with van der Waals surface area (Å²) in [5.74, 6) is 1.12. The van der Waals surface area contributed by atoms with Crippen LogP contribution in [0.4, 0.5) is 0 Å². The molecule has 0 N–H and O–H groups in total. The molecule has 3 rings (SSSR count). The van der Waals surface area contributed by atoms with Crippen molar-refractivity contribution in [3.8, 4) is 0 Å². The topological polar surface area (TPSA) is 57.7 Å². The lowest BCUT2D eigenvalue weighted by molar-refractivity contribution is -0.140. The van der Waals surface area contributed by atoms with Gasteiger partial charge in [-0.25, -0.2) is 12.7 Å². The van der Waals surface area contributed by atoms with E-state index in [1.165, 1.54) is 23.4 Å². The number of rotatable bonds is 4. The number of sulfonamides is 1. The van der Waals surface area contributed by atoms with Gasteiger partial charge in [-0.15, -0.1) is 0 Å². The van der Waals surface area contributed by atoms with Crippen LogP contribution in [0.3, 0.4) is 0 Å². The first-order chi connectivity index (χ1) is 10.9. The van der Waals surface area contributed by atoms with E-state index in [1.807, 2.05) is 0 Å². The molecule has 5 nitrogen and oxygen atoms in total. The van der Waals surface area contributed by atoms with Crippen molar-refractivity contribution in [3.05, 3.63) is 0 Å². The fourth-order valence-corrected chi connectivity index (χ4v) is 5.05. The van der Waals surface area contributed by atoms with Gasteiger partial charge in [0.15, 0.2) is 0 Å². The Bertz CT molecular complexity index is 528. The van der Waals surface area contributed by atoms with Gasteiger partial charge in [0.25, 0.3) is 0 Å². The minimum Gasteiger partial charge on any atom is -0.336 e. The molecule has 0 bridgehead atoms. The Labute approximate surface area is 140 Å². The molecule has 1 saturated heterocycles. The Morgan fingerprint density at radius 3 is 1.83 bits per heavy atom. The van der Waals surface area contributed by atoms with E-state index in [0.717, 1.165) is 31.6 Å². The SMILES string of the molecule is CC1CCC(N(C(=O)C2CCN(S(C)(=O)=O)CC2)C2CC2)CC1. The maximum absolute atomic E-state index is 13.1. The highest BCUT2D eigenvalue weighted by Gasteiger charge is 2.41. The molecule has 0 unspecified atom stereocenters. The summed E-state index contributed by atoms with van der Waals surface area (Å²) in [4.78, 5) is 15.3. The molecular weight excluding hydrogens is 312 g/mol. The van der Waals surface area contributed by atoms with Crippen molar-refractivity contribution >= 4 is 15.9 Å². The fraction of sp³-hybridized carbons (Fsp3) is 0.941. The third-order valence-corrected chi connectivity index (χ3v) is 7.15. The van der Waals surface area contributed by atoms with Crippen LogP contribution in [0.1, 0.15) is 58.3 Å². The highest BCUT2D eigenvalue weighted by Crippen LogP contribution is 2.37. The normalized spacial score (nSPS) is 31.0. The molecule has 1 heterocycles. The lowest BCUT2D eigenvalue weighted by Gasteiger charge is -2.40. The first kappa shape index (κ1) is 17.2. The second-order valence-corrected chi connectivity index (χ2v) is 9.81. The summed E-state index contributed by atoms with van der Waals surface area (Å²) in [7, 11) is -3.12. The predicted octanol–water partition coefficient (Wildman–Crippen LogP) is 2.23. The number of amides is 1. The number of nitrogens with zero attached hydrogens (tertiary/aromatic N) is 2. The van der Waals surface area contributed by atoms with Crippen LogP contribution in [0.25, 0.3) is 0 Å². The Morgan fingerprint density at radius 1 is 0.913 bits per heavy atom. The lowest BCUT2D eigenvalue weighted by atomic mass is 9.85. The van der Waals surface area contributed by atoms with Gasteiger partial charge in [0, 0.05) is 31.1 Å². The Hall–Kier alpha value is -0.620. The molecule has 0 aromatic heterocycles. The van der Waals surface area contributed by atoms with E-state index >= 15 is 0 Å². The zero-order chi connectivity index (χ0) is 16.6. The van der Waals surface area contributed by atoms with Crippen molar-refractivity contribution in [1.82, 2.24) is 9.21 Å². The van der Waals surface area contributed by atoms with Gasteiger partial charge >= 0.3 is 0 Å². The van der Waals surface area contributed by atoms with Gasteiger partial charge in [-0.1, -0.05) is 6.92 Å². The van der Waals surface area contributed by atoms with E-state index in [2.05, 4.69) is 11.8 Å². The molecule has 0 spiro atoms. The van der Waals surface area contributed by atoms with Gasteiger partial charge in [0.1, 0.15) is 0 Å². The zero-order valence-corrected chi connectivity index (χ0v) is 15.2. The van der Waals surface area contributed by atoms with E-state index in [0.29, 0.717) is 43.9 Å². The van der Waals surface area contributed by atoms with E-state index in [1.54, 1.807) is 0 Å². The van der Waals surface area contributed by atoms with Crippen LogP contribution >= 0.6 is 0 Å². The van der Waals surface area contributed by atoms with Gasteiger partial charge in [-0.05, 0) is 57.3 Å². The summed E-state index contributed by atoms with van der Waals surface area (Å²) >= 11 is 0. The average Bonchev–Trinajstić information content (AvgIpc) is 3.33. The molecule has 1 aliphatic heterocycles. The molecule has 1 amide bonds. The zero-order valence-electron chi connectivity index (χ0n) is 14.4. The quantitative estimate of drug-likeness (QED) is 0.787. The van der Waals surface area contributed by atoms with Gasteiger partial charge in [-0.2, -0.15) is 0 Å². The van der Waals surface area contributed by atoms with Gasteiger partial charge < -0.3 is 4.90 Å². The van der Waals surface area contributed by atoms with Crippen LogP contribution in [0, 0.1) is 11.8 Å². The molecule has 6 heteroatoms. The van der Waals surface area contributed by atoms with Crippen molar-refractivity contribution in [2.75, 3.05) is 19.3 Å². The summed E-state index contributed by atoms with van der Waals surface area (Å²) in [5, 5.41) is 0. The van der Waals surface area contributed by atoms with Crippen molar-refractivity contribution in [1.29, 1.82) is 0 Å². The lowest BCUT2D eigenvalue weighted by Crippen LogP contribution is -2.49. The van der Waals surface area contributed by atoms with Crippen LogP contribution in [0.2, 0.25) is 0 Å². The molecular formula is C17H30N2O3S. The van der Waals surface area contributed by atoms with Gasteiger partial charge in [0.2, 0.25) is 15.9 Å². The number of carbonyl (C=O) groups is 1. The smallest absolute Gasteiger partial charge is 0.226 e. The molecule has 0 atom stereocenters. The summed E-state index contributed by atoms with van der Waals surface area (Å²) in [6.45, 7) is 3.30. The maximum Gasteiger partial charge on any atom is 0.226 e. The van der Waals surface area contributed by atoms with Crippen LogP contribution < -0.4 is 0 Å². The predicted molar refractivity (Wildman–Crippen MR) is 90.4 cm³/mol. The standard InChI is InChI=1S/C17H30N2O3S/c1-13-3-5-15(6-4-13)19(16-7-8-16)17(20)14-9-11-18(12-10-14)23(2,21)22/h13-16H,3-12H2,1-2H3. The third kappa shape index (κ3) is 4.08. The number of hydrogen-bond acceptors (Lipinski definition) is 3. The first-order valence-corrected chi connectivity index (χ1v) is 11.0. The van der Waals surface area contributed by atoms with E-state index in [9.17, 15) is 13.2 Å². The summed E-state index contributed by atoms with van der Waals surface area (Å²) in [6.07, 6.45) is 9.67. The highest BCUT2D eigenvalue weighted by atomic mass is 32.2. The average molecular weight is 343 g/mol. The highest BCUT2D eigenvalue weighted by molar-refractivity contribution is 7.88. The molecule has 3 fully saturated rings. The minimum atomic E-state index is -3.12. The first-order valence-electron chi connectivity index (χ1n) is 9.13. The second kappa shape index (κ2) is 6.71. The van der Waals surface area contributed by atoms with Gasteiger partial charge in [-0.3, -0.25) is 4.79 Å². The van der Waals surface area contributed by atoms with Crippen molar-refractivity contribution < 1.29 is 13.2 Å². The molecule has 3 aliphatic rings. The monoisotopic (exact) mass is 342 g/mol. The molecule has 132 valence electrons. The van der Waals surface area contributed by atoms with Crippen LogP contribution in [-0.4, -0.2) is 55.0 Å².